The Morgan fingerprint density at radius 3 is 1.81 bits per heavy atom. The molecule has 0 radical (unpaired) electrons. The van der Waals surface area contributed by atoms with E-state index < -0.39 is 16.1 Å². The van der Waals surface area contributed by atoms with Gasteiger partial charge >= 0.3 is 0 Å². The Morgan fingerprint density at radius 1 is 0.808 bits per heavy atom. The van der Waals surface area contributed by atoms with Gasteiger partial charge in [-0.2, -0.15) is 0 Å². The smallest absolute Gasteiger partial charge is 0.129 e. The van der Waals surface area contributed by atoms with Crippen molar-refractivity contribution in [3.63, 3.8) is 0 Å². The molecule has 1 N–H and O–H groups in total. The zero-order valence-electron chi connectivity index (χ0n) is 18.9. The van der Waals surface area contributed by atoms with E-state index in [4.69, 9.17) is 0 Å². The lowest BCUT2D eigenvalue weighted by molar-refractivity contribution is 0.295. The third kappa shape index (κ3) is 15.7. The van der Waals surface area contributed by atoms with Gasteiger partial charge in [-0.1, -0.05) is 90.8 Å². The van der Waals surface area contributed by atoms with E-state index >= 15 is 0 Å². The number of nitrogens with one attached hydrogen (secondary N) is 1. The Balaban J connectivity index is 4.48. The van der Waals surface area contributed by atoms with E-state index in [2.05, 4.69) is 84.1 Å². The molecule has 1 atom stereocenters. The molecule has 0 aliphatic heterocycles. The standard InChI is InChI=1S/C22H46INSi2/c1-8-9-12-17-22(24-23,19-14-16-21-26(5,6)7)18-13-10-11-15-20-25(2,3)4/h24H,8-14,16-19,21H2,1-7H3. The summed E-state index contributed by atoms with van der Waals surface area (Å²) >= 11 is 2.44. The molecule has 0 aromatic heterocycles. The highest BCUT2D eigenvalue weighted by Gasteiger charge is 2.27. The molecule has 0 aromatic carbocycles. The molecule has 1 nitrogen and oxygen atoms in total. The third-order valence-corrected chi connectivity index (χ3v) is 8.89. The normalized spacial score (nSPS) is 14.6. The molecule has 0 spiro atoms. The van der Waals surface area contributed by atoms with Crippen LogP contribution >= 0.6 is 22.9 Å². The lowest BCUT2D eigenvalue weighted by Crippen LogP contribution is -2.39. The first kappa shape index (κ1) is 26.7. The van der Waals surface area contributed by atoms with Gasteiger partial charge in [-0.3, -0.25) is 3.53 Å². The zero-order valence-corrected chi connectivity index (χ0v) is 23.0. The van der Waals surface area contributed by atoms with Gasteiger partial charge in [-0.05, 0) is 25.7 Å². The molecule has 0 saturated carbocycles. The predicted molar refractivity (Wildman–Crippen MR) is 136 cm³/mol. The lowest BCUT2D eigenvalue weighted by atomic mass is 9.83. The Kier molecular flexibility index (Phi) is 14.2. The van der Waals surface area contributed by atoms with Gasteiger partial charge < -0.3 is 0 Å². The summed E-state index contributed by atoms with van der Waals surface area (Å²) < 4.78 is 3.74. The highest BCUT2D eigenvalue weighted by atomic mass is 127. The fourth-order valence-electron chi connectivity index (χ4n) is 3.35. The Hall–Kier alpha value is 0.684. The van der Waals surface area contributed by atoms with E-state index in [1.165, 1.54) is 70.3 Å². The van der Waals surface area contributed by atoms with Gasteiger partial charge in [0.2, 0.25) is 0 Å². The molecule has 0 bridgehead atoms. The van der Waals surface area contributed by atoms with Crippen LogP contribution in [0.4, 0.5) is 0 Å². The minimum Gasteiger partial charge on any atom is -0.255 e. The largest absolute Gasteiger partial charge is 0.255 e. The molecular weight excluding hydrogens is 461 g/mol. The molecule has 0 aliphatic rings. The molecule has 0 aromatic rings. The van der Waals surface area contributed by atoms with Gasteiger partial charge in [0.15, 0.2) is 0 Å². The second kappa shape index (κ2) is 13.8. The molecule has 0 saturated heterocycles. The predicted octanol–water partition coefficient (Wildman–Crippen LogP) is 8.19. The molecule has 0 amide bonds. The average molecular weight is 508 g/mol. The Labute approximate surface area is 181 Å². The maximum Gasteiger partial charge on any atom is 0.129 e. The monoisotopic (exact) mass is 507 g/mol. The fraction of sp³-hybridized carbons (Fsp3) is 0.909. The van der Waals surface area contributed by atoms with Crippen LogP contribution in [0.15, 0.2) is 0 Å². The molecule has 0 heterocycles. The summed E-state index contributed by atoms with van der Waals surface area (Å²) in [6, 6.07) is 1.48. The van der Waals surface area contributed by atoms with Gasteiger partial charge in [0, 0.05) is 42.9 Å². The van der Waals surface area contributed by atoms with Crippen LogP contribution < -0.4 is 3.53 Å². The number of unbranched alkanes of at least 4 members (excludes halogenated alkanes) is 5. The van der Waals surface area contributed by atoms with Crippen molar-refractivity contribution in [2.45, 2.75) is 128 Å². The molecule has 0 fully saturated rings. The summed E-state index contributed by atoms with van der Waals surface area (Å²) in [6.45, 7) is 16.8. The maximum absolute atomic E-state index is 3.74. The fourth-order valence-corrected chi connectivity index (χ4v) is 6.13. The molecule has 1 unspecified atom stereocenters. The molecule has 4 heteroatoms. The first-order chi connectivity index (χ1) is 12.0. The van der Waals surface area contributed by atoms with Crippen LogP contribution in [-0.2, 0) is 0 Å². The molecule has 0 rings (SSSR count). The quantitative estimate of drug-likeness (QED) is 0.0821. The van der Waals surface area contributed by atoms with E-state index in [1.54, 1.807) is 0 Å². The van der Waals surface area contributed by atoms with Crippen molar-refractivity contribution in [2.75, 3.05) is 0 Å². The van der Waals surface area contributed by atoms with Crippen LogP contribution in [0, 0.1) is 11.5 Å². The highest BCUT2D eigenvalue weighted by Crippen LogP contribution is 2.30. The number of rotatable bonds is 14. The van der Waals surface area contributed by atoms with Gasteiger partial charge in [0.05, 0.1) is 0 Å². The minimum atomic E-state index is -1.19. The summed E-state index contributed by atoms with van der Waals surface area (Å²) in [6.07, 6.45) is 14.6. The molecule has 26 heavy (non-hydrogen) atoms. The van der Waals surface area contributed by atoms with Crippen LogP contribution in [0.25, 0.3) is 0 Å². The molecule has 0 aliphatic carbocycles. The topological polar surface area (TPSA) is 12.0 Å². The van der Waals surface area contributed by atoms with E-state index in [0.29, 0.717) is 5.54 Å². The Morgan fingerprint density at radius 2 is 1.35 bits per heavy atom. The minimum absolute atomic E-state index is 0.362. The van der Waals surface area contributed by atoms with Crippen LogP contribution in [0.3, 0.4) is 0 Å². The first-order valence-corrected chi connectivity index (χ1v) is 19.2. The van der Waals surface area contributed by atoms with Crippen LogP contribution in [0.2, 0.25) is 45.3 Å². The summed E-state index contributed by atoms with van der Waals surface area (Å²) in [5.74, 6) is 3.44. The van der Waals surface area contributed by atoms with E-state index in [-0.39, 0.29) is 0 Å². The van der Waals surface area contributed by atoms with Crippen molar-refractivity contribution in [1.29, 1.82) is 0 Å². The van der Waals surface area contributed by atoms with Gasteiger partial charge in [-0.15, -0.1) is 11.5 Å². The zero-order chi connectivity index (χ0) is 20.1. The summed E-state index contributed by atoms with van der Waals surface area (Å²) in [5, 5.41) is 0. The molecule has 154 valence electrons. The van der Waals surface area contributed by atoms with Crippen molar-refractivity contribution in [3.8, 4) is 11.5 Å². The summed E-state index contributed by atoms with van der Waals surface area (Å²) in [7, 11) is -2.08. The summed E-state index contributed by atoms with van der Waals surface area (Å²) in [5.41, 5.74) is 3.87. The lowest BCUT2D eigenvalue weighted by Gasteiger charge is -2.33. The van der Waals surface area contributed by atoms with Crippen molar-refractivity contribution in [2.24, 2.45) is 0 Å². The second-order valence-electron chi connectivity index (χ2n) is 10.4. The molecular formula is C22H46INSi2. The van der Waals surface area contributed by atoms with Crippen LogP contribution in [-0.4, -0.2) is 21.7 Å². The van der Waals surface area contributed by atoms with E-state index in [9.17, 15) is 0 Å². The summed E-state index contributed by atoms with van der Waals surface area (Å²) in [4.78, 5) is 0. The Bertz CT molecular complexity index is 415. The van der Waals surface area contributed by atoms with Crippen molar-refractivity contribution >= 4 is 39.0 Å². The third-order valence-electron chi connectivity index (χ3n) is 4.96. The van der Waals surface area contributed by atoms with Gasteiger partial charge in [-0.25, -0.2) is 0 Å². The van der Waals surface area contributed by atoms with Crippen LogP contribution in [0.1, 0.15) is 77.6 Å². The average Bonchev–Trinajstić information content (AvgIpc) is 2.52. The van der Waals surface area contributed by atoms with Crippen molar-refractivity contribution in [1.82, 2.24) is 3.53 Å². The van der Waals surface area contributed by atoms with Gasteiger partial charge in [0.1, 0.15) is 8.07 Å². The second-order valence-corrected chi connectivity index (χ2v) is 21.3. The van der Waals surface area contributed by atoms with E-state index in [0.717, 1.165) is 6.42 Å². The highest BCUT2D eigenvalue weighted by molar-refractivity contribution is 14.1. The number of hydrogen-bond acceptors (Lipinski definition) is 1. The number of halogens is 1. The van der Waals surface area contributed by atoms with Crippen LogP contribution in [0.5, 0.6) is 0 Å². The van der Waals surface area contributed by atoms with Crippen molar-refractivity contribution < 1.29 is 0 Å². The SMILES string of the molecule is CCCCCC(CCCCC#C[Si](C)(C)C)(CCCC[Si](C)(C)C)NI. The number of hydrogen-bond donors (Lipinski definition) is 1. The van der Waals surface area contributed by atoms with Gasteiger partial charge in [0.25, 0.3) is 0 Å². The maximum atomic E-state index is 3.74. The van der Waals surface area contributed by atoms with E-state index in [1.807, 2.05) is 0 Å². The van der Waals surface area contributed by atoms with Crippen molar-refractivity contribution in [3.05, 3.63) is 0 Å². The first-order valence-electron chi connectivity index (χ1n) is 10.9.